The molecule has 0 bridgehead atoms. The number of hydrogen-bond donors (Lipinski definition) is 2. The van der Waals surface area contributed by atoms with Gasteiger partial charge >= 0.3 is 0 Å². The predicted octanol–water partition coefficient (Wildman–Crippen LogP) is 3.06. The third kappa shape index (κ3) is 5.99. The monoisotopic (exact) mass is 465 g/mol. The summed E-state index contributed by atoms with van der Waals surface area (Å²) in [6, 6.07) is 9.70. The molecular weight excluding hydrogens is 442 g/mol. The minimum Gasteiger partial charge on any atom is -0.495 e. The standard InChI is InChI=1S/C21H24ClN3O5S/c1-5-12-23-21(27)16-8-6-7-9-17(16)24-20(26)14(2)25(31(4,28)29)18-13-15(22)10-11-19(18)30-3/h5-11,13-14H,1,12H2,2-4H3,(H,23,27)(H,24,26). The highest BCUT2D eigenvalue weighted by molar-refractivity contribution is 7.92. The lowest BCUT2D eigenvalue weighted by molar-refractivity contribution is -0.116. The van der Waals surface area contributed by atoms with Gasteiger partial charge in [-0.25, -0.2) is 8.42 Å². The summed E-state index contributed by atoms with van der Waals surface area (Å²) in [7, 11) is -2.51. The number of carbonyl (C=O) groups excluding carboxylic acids is 2. The maximum absolute atomic E-state index is 13.0. The molecule has 31 heavy (non-hydrogen) atoms. The fraction of sp³-hybridized carbons (Fsp3) is 0.238. The minimum absolute atomic E-state index is 0.122. The van der Waals surface area contributed by atoms with Gasteiger partial charge in [-0.3, -0.25) is 13.9 Å². The fourth-order valence-corrected chi connectivity index (χ4v) is 4.24. The summed E-state index contributed by atoms with van der Waals surface area (Å²) in [4.78, 5) is 25.4. The SMILES string of the molecule is C=CCNC(=O)c1ccccc1NC(=O)C(C)N(c1cc(Cl)ccc1OC)S(C)(=O)=O. The van der Waals surface area contributed by atoms with Gasteiger partial charge in [0.1, 0.15) is 11.8 Å². The van der Waals surface area contributed by atoms with E-state index in [-0.39, 0.29) is 34.3 Å². The zero-order valence-corrected chi connectivity index (χ0v) is 19.0. The van der Waals surface area contributed by atoms with Gasteiger partial charge in [0, 0.05) is 11.6 Å². The van der Waals surface area contributed by atoms with Crippen LogP contribution in [-0.4, -0.2) is 46.2 Å². The Morgan fingerprint density at radius 3 is 2.55 bits per heavy atom. The summed E-state index contributed by atoms with van der Waals surface area (Å²) in [5.41, 5.74) is 0.598. The molecule has 0 saturated carbocycles. The molecule has 8 nitrogen and oxygen atoms in total. The molecule has 0 aromatic heterocycles. The molecule has 10 heteroatoms. The molecule has 1 atom stereocenters. The van der Waals surface area contributed by atoms with E-state index in [1.54, 1.807) is 30.3 Å². The molecule has 0 spiro atoms. The van der Waals surface area contributed by atoms with E-state index in [1.807, 2.05) is 0 Å². The Hall–Kier alpha value is -3.04. The van der Waals surface area contributed by atoms with Crippen molar-refractivity contribution < 1.29 is 22.7 Å². The predicted molar refractivity (Wildman–Crippen MR) is 122 cm³/mol. The minimum atomic E-state index is -3.90. The van der Waals surface area contributed by atoms with Gasteiger partial charge in [-0.05, 0) is 37.3 Å². The van der Waals surface area contributed by atoms with Crippen molar-refractivity contribution in [1.82, 2.24) is 5.32 Å². The Labute approximate surface area is 186 Å². The van der Waals surface area contributed by atoms with E-state index < -0.39 is 27.9 Å². The molecule has 2 aromatic rings. The van der Waals surface area contributed by atoms with E-state index in [0.29, 0.717) is 0 Å². The molecule has 0 aliphatic carbocycles. The maximum atomic E-state index is 13.0. The second-order valence-corrected chi connectivity index (χ2v) is 8.88. The Morgan fingerprint density at radius 1 is 1.26 bits per heavy atom. The number of anilines is 2. The van der Waals surface area contributed by atoms with Crippen LogP contribution in [0.3, 0.4) is 0 Å². The van der Waals surface area contributed by atoms with Crippen molar-refractivity contribution in [3.8, 4) is 5.75 Å². The van der Waals surface area contributed by atoms with Gasteiger partial charge in [-0.2, -0.15) is 0 Å². The van der Waals surface area contributed by atoms with Crippen LogP contribution in [0, 0.1) is 0 Å². The molecule has 0 aliphatic rings. The third-order valence-electron chi connectivity index (χ3n) is 4.30. The van der Waals surface area contributed by atoms with Crippen molar-refractivity contribution in [3.05, 3.63) is 65.7 Å². The lowest BCUT2D eigenvalue weighted by Crippen LogP contribution is -2.45. The lowest BCUT2D eigenvalue weighted by atomic mass is 10.1. The molecule has 2 amide bonds. The van der Waals surface area contributed by atoms with Crippen molar-refractivity contribution >= 4 is 44.8 Å². The van der Waals surface area contributed by atoms with Crippen LogP contribution in [0.4, 0.5) is 11.4 Å². The molecular formula is C21H24ClN3O5S. The highest BCUT2D eigenvalue weighted by Gasteiger charge is 2.32. The van der Waals surface area contributed by atoms with Gasteiger partial charge in [0.15, 0.2) is 0 Å². The molecule has 1 unspecified atom stereocenters. The summed E-state index contributed by atoms with van der Waals surface area (Å²) in [6.45, 7) is 5.23. The van der Waals surface area contributed by atoms with Crippen LogP contribution in [0.2, 0.25) is 5.02 Å². The van der Waals surface area contributed by atoms with Crippen molar-refractivity contribution in [1.29, 1.82) is 0 Å². The number of hydrogen-bond acceptors (Lipinski definition) is 5. The highest BCUT2D eigenvalue weighted by Crippen LogP contribution is 2.34. The number of nitrogens with one attached hydrogen (secondary N) is 2. The Morgan fingerprint density at radius 2 is 1.94 bits per heavy atom. The van der Waals surface area contributed by atoms with Crippen molar-refractivity contribution in [3.63, 3.8) is 0 Å². The Balaban J connectivity index is 2.40. The second-order valence-electron chi connectivity index (χ2n) is 6.58. The Bertz CT molecular complexity index is 1090. The number of ether oxygens (including phenoxy) is 1. The topological polar surface area (TPSA) is 105 Å². The molecule has 2 N–H and O–H groups in total. The van der Waals surface area contributed by atoms with E-state index in [9.17, 15) is 18.0 Å². The van der Waals surface area contributed by atoms with Crippen LogP contribution < -0.4 is 19.7 Å². The number of rotatable bonds is 9. The number of methoxy groups -OCH3 is 1. The maximum Gasteiger partial charge on any atom is 0.253 e. The average molecular weight is 466 g/mol. The smallest absolute Gasteiger partial charge is 0.253 e. The van der Waals surface area contributed by atoms with Crippen LogP contribution in [0.25, 0.3) is 0 Å². The molecule has 0 saturated heterocycles. The molecule has 0 heterocycles. The molecule has 2 aromatic carbocycles. The average Bonchev–Trinajstić information content (AvgIpc) is 2.71. The van der Waals surface area contributed by atoms with Gasteiger partial charge < -0.3 is 15.4 Å². The number of para-hydroxylation sites is 1. The summed E-state index contributed by atoms with van der Waals surface area (Å²) in [5, 5.41) is 5.56. The van der Waals surface area contributed by atoms with Gasteiger partial charge in [0.25, 0.3) is 5.91 Å². The van der Waals surface area contributed by atoms with Crippen molar-refractivity contribution in [2.45, 2.75) is 13.0 Å². The van der Waals surface area contributed by atoms with E-state index in [1.165, 1.54) is 32.2 Å². The highest BCUT2D eigenvalue weighted by atomic mass is 35.5. The summed E-state index contributed by atoms with van der Waals surface area (Å²) >= 11 is 6.05. The van der Waals surface area contributed by atoms with Crippen molar-refractivity contribution in [2.24, 2.45) is 0 Å². The summed E-state index contributed by atoms with van der Waals surface area (Å²) in [5.74, 6) is -0.810. The van der Waals surface area contributed by atoms with Gasteiger partial charge in [-0.15, -0.1) is 6.58 Å². The largest absolute Gasteiger partial charge is 0.495 e. The van der Waals surface area contributed by atoms with Crippen LogP contribution in [0.15, 0.2) is 55.1 Å². The fourth-order valence-electron chi connectivity index (χ4n) is 2.90. The first kappa shape index (κ1) is 24.2. The number of amides is 2. The second kappa shape index (κ2) is 10.3. The first-order valence-electron chi connectivity index (χ1n) is 9.22. The van der Waals surface area contributed by atoms with Crippen LogP contribution in [0.1, 0.15) is 17.3 Å². The van der Waals surface area contributed by atoms with E-state index >= 15 is 0 Å². The lowest BCUT2D eigenvalue weighted by Gasteiger charge is -2.29. The number of sulfonamides is 1. The molecule has 166 valence electrons. The molecule has 0 fully saturated rings. The molecule has 0 aliphatic heterocycles. The number of halogens is 1. The first-order chi connectivity index (χ1) is 14.6. The summed E-state index contributed by atoms with van der Waals surface area (Å²) < 4.78 is 31.3. The number of carbonyl (C=O) groups is 2. The van der Waals surface area contributed by atoms with E-state index in [0.717, 1.165) is 10.6 Å². The number of nitrogens with zero attached hydrogens (tertiary/aromatic N) is 1. The normalized spacial score (nSPS) is 11.9. The van der Waals surface area contributed by atoms with Gasteiger partial charge in [0.2, 0.25) is 15.9 Å². The van der Waals surface area contributed by atoms with E-state index in [4.69, 9.17) is 16.3 Å². The third-order valence-corrected chi connectivity index (χ3v) is 5.77. The van der Waals surface area contributed by atoms with Crippen LogP contribution in [0.5, 0.6) is 5.75 Å². The summed E-state index contributed by atoms with van der Waals surface area (Å²) in [6.07, 6.45) is 2.51. The van der Waals surface area contributed by atoms with Gasteiger partial charge in [0.05, 0.1) is 30.3 Å². The zero-order valence-electron chi connectivity index (χ0n) is 17.4. The number of benzene rings is 2. The molecule has 2 rings (SSSR count). The zero-order chi connectivity index (χ0) is 23.2. The molecule has 0 radical (unpaired) electrons. The first-order valence-corrected chi connectivity index (χ1v) is 11.4. The van der Waals surface area contributed by atoms with Crippen LogP contribution >= 0.6 is 11.6 Å². The van der Waals surface area contributed by atoms with Crippen molar-refractivity contribution in [2.75, 3.05) is 29.5 Å². The van der Waals surface area contributed by atoms with Gasteiger partial charge in [-0.1, -0.05) is 29.8 Å². The van der Waals surface area contributed by atoms with Crippen LogP contribution in [-0.2, 0) is 14.8 Å². The quantitative estimate of drug-likeness (QED) is 0.554. The Kier molecular flexibility index (Phi) is 8.07. The van der Waals surface area contributed by atoms with E-state index in [2.05, 4.69) is 17.2 Å².